The molecule has 1 heterocycles. The first kappa shape index (κ1) is 47.6. The number of nitrogens with one attached hydrogen (secondary N) is 6. The van der Waals surface area contributed by atoms with Crippen molar-refractivity contribution in [1.29, 1.82) is 0 Å². The first-order valence-electron chi connectivity index (χ1n) is 20.0. The molecule has 19 nitrogen and oxygen atoms in total. The van der Waals surface area contributed by atoms with Gasteiger partial charge in [-0.2, -0.15) is 0 Å². The topological polar surface area (TPSA) is 321 Å². The van der Waals surface area contributed by atoms with Crippen LogP contribution in [-0.4, -0.2) is 110 Å². The van der Waals surface area contributed by atoms with Crippen LogP contribution < -0.4 is 38.1 Å². The Morgan fingerprint density at radius 2 is 1.03 bits per heavy atom. The van der Waals surface area contributed by atoms with Gasteiger partial charge in [0.1, 0.15) is 36.0 Å². The summed E-state index contributed by atoms with van der Waals surface area (Å²) >= 11 is 0. The average Bonchev–Trinajstić information content (AvgIpc) is 3.76. The van der Waals surface area contributed by atoms with Crippen molar-refractivity contribution in [2.75, 3.05) is 6.54 Å². The number of phenolic OH excluding ortho intramolecular Hbond substituents is 1. The predicted molar refractivity (Wildman–Crippen MR) is 225 cm³/mol. The minimum Gasteiger partial charge on any atom is -0.508 e. The second-order valence-corrected chi connectivity index (χ2v) is 14.7. The number of unbranched alkanes of at least 4 members (excludes halogenated alkanes) is 1. The summed E-state index contributed by atoms with van der Waals surface area (Å²) in [6.07, 6.45) is 2.77. The van der Waals surface area contributed by atoms with Crippen LogP contribution in [0, 0.1) is 0 Å². The van der Waals surface area contributed by atoms with Gasteiger partial charge in [0.2, 0.25) is 29.5 Å². The minimum absolute atomic E-state index is 0.0142. The smallest absolute Gasteiger partial charge is 0.326 e. The highest BCUT2D eigenvalue weighted by Gasteiger charge is 2.34. The third-order valence-electron chi connectivity index (χ3n) is 9.75. The number of rotatable bonds is 25. The van der Waals surface area contributed by atoms with E-state index < -0.39 is 84.1 Å². The van der Waals surface area contributed by atoms with Crippen LogP contribution in [0.15, 0.2) is 97.5 Å². The third kappa shape index (κ3) is 15.8. The van der Waals surface area contributed by atoms with Gasteiger partial charge in [-0.25, -0.2) is 9.78 Å². The SMILES string of the molecule is NCCCC[C@H](NC(=O)[C@H](Cc1ccccc1)NC(=O)[C@H](Cc1ccc(O)cc1)NC(=O)[C@@H](N)Cc1cnc[nH]1)C(=O)N[C@@H](Cc1ccccc1)C(=O)N[C@@H](CC(=O)O)C(=O)O. The molecule has 0 aliphatic rings. The molecule has 4 aromatic rings. The predicted octanol–water partition coefficient (Wildman–Crippen LogP) is -0.174. The van der Waals surface area contributed by atoms with Crippen LogP contribution in [0.1, 0.15) is 48.1 Å². The van der Waals surface area contributed by atoms with Gasteiger partial charge in [0.05, 0.1) is 18.8 Å². The van der Waals surface area contributed by atoms with Crippen molar-refractivity contribution in [3.8, 4) is 5.75 Å². The number of nitrogens with two attached hydrogens (primary N) is 2. The maximum Gasteiger partial charge on any atom is 0.326 e. The number of nitrogens with zero attached hydrogens (tertiary/aromatic N) is 1. The molecular formula is C43H53N9O10. The molecular weight excluding hydrogens is 803 g/mol. The van der Waals surface area contributed by atoms with E-state index in [0.29, 0.717) is 35.2 Å². The monoisotopic (exact) mass is 855 g/mol. The maximum absolute atomic E-state index is 14.3. The fraction of sp³-hybridized carbons (Fsp3) is 0.349. The Bertz CT molecular complexity index is 2090. The Labute approximate surface area is 357 Å². The van der Waals surface area contributed by atoms with Crippen molar-refractivity contribution in [1.82, 2.24) is 36.6 Å². The van der Waals surface area contributed by atoms with E-state index in [4.69, 9.17) is 11.5 Å². The molecule has 62 heavy (non-hydrogen) atoms. The molecule has 0 radical (unpaired) electrons. The average molecular weight is 856 g/mol. The highest BCUT2D eigenvalue weighted by atomic mass is 16.4. The second kappa shape index (κ2) is 24.2. The van der Waals surface area contributed by atoms with Gasteiger partial charge in [-0.15, -0.1) is 0 Å². The number of aromatic nitrogens is 2. The molecule has 0 aliphatic carbocycles. The van der Waals surface area contributed by atoms with E-state index in [1.165, 1.54) is 24.7 Å². The molecule has 330 valence electrons. The number of hydrogen-bond acceptors (Lipinski definition) is 11. The number of amides is 5. The van der Waals surface area contributed by atoms with Crippen LogP contribution >= 0.6 is 0 Å². The van der Waals surface area contributed by atoms with Crippen LogP contribution in [-0.2, 0) is 59.2 Å². The summed E-state index contributed by atoms with van der Waals surface area (Å²) in [5, 5.41) is 41.6. The van der Waals surface area contributed by atoms with Crippen molar-refractivity contribution in [3.63, 3.8) is 0 Å². The zero-order valence-electron chi connectivity index (χ0n) is 33.9. The summed E-state index contributed by atoms with van der Waals surface area (Å²) in [7, 11) is 0. The molecule has 0 aliphatic heterocycles. The summed E-state index contributed by atoms with van der Waals surface area (Å²) in [5.74, 6) is -7.06. The quantitative estimate of drug-likeness (QED) is 0.0386. The Morgan fingerprint density at radius 1 is 0.581 bits per heavy atom. The van der Waals surface area contributed by atoms with Crippen LogP contribution in [0.5, 0.6) is 5.75 Å². The zero-order valence-corrected chi connectivity index (χ0v) is 33.9. The lowest BCUT2D eigenvalue weighted by Crippen LogP contribution is -2.60. The lowest BCUT2D eigenvalue weighted by molar-refractivity contribution is -0.147. The Balaban J connectivity index is 1.61. The molecule has 3 aromatic carbocycles. The van der Waals surface area contributed by atoms with Crippen molar-refractivity contribution < 1.29 is 48.9 Å². The van der Waals surface area contributed by atoms with E-state index in [1.807, 2.05) is 0 Å². The number of carboxylic acids is 2. The van der Waals surface area contributed by atoms with Gasteiger partial charge < -0.3 is 58.4 Å². The van der Waals surface area contributed by atoms with Gasteiger partial charge in [-0.3, -0.25) is 28.8 Å². The number of carbonyl (C=O) groups is 7. The molecule has 0 fully saturated rings. The first-order chi connectivity index (χ1) is 29.7. The number of imidazole rings is 1. The Morgan fingerprint density at radius 3 is 1.48 bits per heavy atom. The summed E-state index contributed by atoms with van der Waals surface area (Å²) in [5.41, 5.74) is 14.3. The standard InChI is InChI=1S/C43H53N9O10/c44-18-8-7-13-32(39(57)50-35(20-27-11-5-2-6-12-27)42(60)52-36(43(61)62)23-37(54)55)48-40(58)34(19-26-9-3-1-4-10-26)51-41(59)33(21-28-14-16-30(53)17-15-28)49-38(56)31(45)22-29-24-46-25-47-29/h1-6,9-12,14-17,24-25,31-36,53H,7-8,13,18-23,44-45H2,(H,46,47)(H,48,58)(H,49,56)(H,50,57)(H,51,59)(H,52,60)(H,54,55)(H,61,62)/t31-,32-,33-,34-,35-,36-/m0/s1. The number of aliphatic carboxylic acids is 2. The van der Waals surface area contributed by atoms with Gasteiger partial charge in [0, 0.05) is 37.6 Å². The molecule has 5 amide bonds. The molecule has 1 aromatic heterocycles. The molecule has 0 saturated heterocycles. The number of carboxylic acid groups (broad SMARTS) is 2. The Hall–Kier alpha value is -7.12. The lowest BCUT2D eigenvalue weighted by Gasteiger charge is -2.27. The number of aromatic amines is 1. The van der Waals surface area contributed by atoms with Crippen molar-refractivity contribution in [2.24, 2.45) is 11.5 Å². The van der Waals surface area contributed by atoms with E-state index in [-0.39, 0.29) is 44.4 Å². The first-order valence-corrected chi connectivity index (χ1v) is 20.0. The summed E-state index contributed by atoms with van der Waals surface area (Å²) in [4.78, 5) is 99.5. The van der Waals surface area contributed by atoms with E-state index in [9.17, 15) is 48.9 Å². The van der Waals surface area contributed by atoms with E-state index in [2.05, 4.69) is 36.6 Å². The van der Waals surface area contributed by atoms with E-state index in [1.54, 1.807) is 72.8 Å². The minimum atomic E-state index is -1.80. The van der Waals surface area contributed by atoms with Gasteiger partial charge in [0.25, 0.3) is 0 Å². The van der Waals surface area contributed by atoms with Gasteiger partial charge >= 0.3 is 11.9 Å². The number of hydrogen-bond donors (Lipinski definition) is 11. The fourth-order valence-electron chi connectivity index (χ4n) is 6.43. The molecule has 4 rings (SSSR count). The highest BCUT2D eigenvalue weighted by Crippen LogP contribution is 2.14. The van der Waals surface area contributed by atoms with E-state index >= 15 is 0 Å². The Kier molecular flexibility index (Phi) is 18.6. The fourth-order valence-corrected chi connectivity index (χ4v) is 6.43. The van der Waals surface area contributed by atoms with Crippen molar-refractivity contribution in [2.45, 2.75) is 87.6 Å². The van der Waals surface area contributed by atoms with Crippen LogP contribution in [0.4, 0.5) is 0 Å². The lowest BCUT2D eigenvalue weighted by atomic mass is 10.0. The number of H-pyrrole nitrogens is 1. The van der Waals surface area contributed by atoms with Crippen molar-refractivity contribution in [3.05, 3.63) is 120 Å². The summed E-state index contributed by atoms with van der Waals surface area (Å²) in [6, 6.07) is 15.1. The van der Waals surface area contributed by atoms with Crippen LogP contribution in [0.25, 0.3) is 0 Å². The van der Waals surface area contributed by atoms with Gasteiger partial charge in [-0.1, -0.05) is 72.8 Å². The third-order valence-corrected chi connectivity index (χ3v) is 9.75. The normalized spacial score (nSPS) is 13.8. The molecule has 6 atom stereocenters. The van der Waals surface area contributed by atoms with Crippen LogP contribution in [0.2, 0.25) is 0 Å². The number of carbonyl (C=O) groups excluding carboxylic acids is 5. The molecule has 0 bridgehead atoms. The number of benzene rings is 3. The largest absolute Gasteiger partial charge is 0.508 e. The molecule has 0 spiro atoms. The summed E-state index contributed by atoms with van der Waals surface area (Å²) < 4.78 is 0. The summed E-state index contributed by atoms with van der Waals surface area (Å²) in [6.45, 7) is 0.272. The molecule has 13 N–H and O–H groups in total. The van der Waals surface area contributed by atoms with Gasteiger partial charge in [-0.05, 0) is 54.6 Å². The molecule has 19 heteroatoms. The van der Waals surface area contributed by atoms with E-state index in [0.717, 1.165) is 0 Å². The van der Waals surface area contributed by atoms with Crippen molar-refractivity contribution >= 4 is 41.5 Å². The maximum atomic E-state index is 14.3. The van der Waals surface area contributed by atoms with Gasteiger partial charge in [0.15, 0.2) is 0 Å². The van der Waals surface area contributed by atoms with Crippen LogP contribution in [0.3, 0.4) is 0 Å². The number of phenols is 1. The second-order valence-electron chi connectivity index (χ2n) is 14.7. The zero-order chi connectivity index (χ0) is 45.0. The molecule has 0 saturated carbocycles. The number of aromatic hydroxyl groups is 1. The molecule has 0 unspecified atom stereocenters. The highest BCUT2D eigenvalue weighted by molar-refractivity contribution is 5.97.